The SMILES string of the molecule is Cc1csc(CNC(C)c2cccc(O)c2)n1. The van der Waals surface area contributed by atoms with Gasteiger partial charge in [0.15, 0.2) is 0 Å². The molecule has 1 aromatic carbocycles. The number of hydrogen-bond acceptors (Lipinski definition) is 4. The lowest BCUT2D eigenvalue weighted by Crippen LogP contribution is -2.17. The van der Waals surface area contributed by atoms with Crippen LogP contribution in [0.1, 0.15) is 29.2 Å². The van der Waals surface area contributed by atoms with Gasteiger partial charge in [0.05, 0.1) is 0 Å². The van der Waals surface area contributed by atoms with Gasteiger partial charge in [-0.2, -0.15) is 0 Å². The van der Waals surface area contributed by atoms with E-state index in [0.29, 0.717) is 5.75 Å². The molecule has 90 valence electrons. The molecule has 1 unspecified atom stereocenters. The molecule has 17 heavy (non-hydrogen) atoms. The van der Waals surface area contributed by atoms with Crippen LogP contribution in [0.4, 0.5) is 0 Å². The number of aromatic hydroxyl groups is 1. The summed E-state index contributed by atoms with van der Waals surface area (Å²) in [6.45, 7) is 4.84. The van der Waals surface area contributed by atoms with Crippen LogP contribution in [0.3, 0.4) is 0 Å². The maximum absolute atomic E-state index is 9.41. The summed E-state index contributed by atoms with van der Waals surface area (Å²) in [5.41, 5.74) is 2.15. The number of phenols is 1. The van der Waals surface area contributed by atoms with Crippen LogP contribution >= 0.6 is 11.3 Å². The number of rotatable bonds is 4. The number of hydrogen-bond donors (Lipinski definition) is 2. The topological polar surface area (TPSA) is 45.1 Å². The monoisotopic (exact) mass is 248 g/mol. The Bertz CT molecular complexity index is 496. The zero-order valence-corrected chi connectivity index (χ0v) is 10.8. The molecule has 0 aliphatic rings. The fourth-order valence-electron chi connectivity index (χ4n) is 1.64. The van der Waals surface area contributed by atoms with E-state index in [1.165, 1.54) is 0 Å². The fraction of sp³-hybridized carbons (Fsp3) is 0.308. The van der Waals surface area contributed by atoms with E-state index in [0.717, 1.165) is 22.8 Å². The van der Waals surface area contributed by atoms with Crippen LogP contribution < -0.4 is 5.32 Å². The molecule has 2 rings (SSSR count). The Kier molecular flexibility index (Phi) is 3.76. The molecule has 0 bridgehead atoms. The van der Waals surface area contributed by atoms with Gasteiger partial charge >= 0.3 is 0 Å². The van der Waals surface area contributed by atoms with Gasteiger partial charge in [0.25, 0.3) is 0 Å². The number of benzene rings is 1. The van der Waals surface area contributed by atoms with Crippen molar-refractivity contribution in [1.82, 2.24) is 10.3 Å². The molecule has 3 nitrogen and oxygen atoms in total. The van der Waals surface area contributed by atoms with E-state index in [2.05, 4.69) is 22.6 Å². The first-order valence-corrected chi connectivity index (χ1v) is 6.46. The normalized spacial score (nSPS) is 12.6. The summed E-state index contributed by atoms with van der Waals surface area (Å²) in [7, 11) is 0. The molecule has 0 aliphatic carbocycles. The summed E-state index contributed by atoms with van der Waals surface area (Å²) in [5, 5.41) is 15.9. The van der Waals surface area contributed by atoms with Crippen molar-refractivity contribution in [2.24, 2.45) is 0 Å². The number of nitrogens with one attached hydrogen (secondary N) is 1. The number of aryl methyl sites for hydroxylation is 1. The molecule has 1 atom stereocenters. The average molecular weight is 248 g/mol. The van der Waals surface area contributed by atoms with Gasteiger partial charge in [-0.15, -0.1) is 11.3 Å². The summed E-state index contributed by atoms with van der Waals surface area (Å²) in [4.78, 5) is 4.40. The van der Waals surface area contributed by atoms with E-state index in [1.54, 1.807) is 23.5 Å². The van der Waals surface area contributed by atoms with E-state index < -0.39 is 0 Å². The van der Waals surface area contributed by atoms with Crippen LogP contribution in [0.25, 0.3) is 0 Å². The highest BCUT2D eigenvalue weighted by Crippen LogP contribution is 2.18. The van der Waals surface area contributed by atoms with Crippen molar-refractivity contribution in [1.29, 1.82) is 0 Å². The lowest BCUT2D eigenvalue weighted by atomic mass is 10.1. The second kappa shape index (κ2) is 5.29. The molecule has 0 spiro atoms. The van der Waals surface area contributed by atoms with Crippen molar-refractivity contribution < 1.29 is 5.11 Å². The molecule has 1 heterocycles. The van der Waals surface area contributed by atoms with E-state index in [1.807, 2.05) is 19.1 Å². The third-order valence-corrected chi connectivity index (χ3v) is 3.56. The van der Waals surface area contributed by atoms with Gasteiger partial charge in [0.2, 0.25) is 0 Å². The van der Waals surface area contributed by atoms with Crippen LogP contribution in [0.5, 0.6) is 5.75 Å². The van der Waals surface area contributed by atoms with E-state index >= 15 is 0 Å². The maximum atomic E-state index is 9.41. The summed E-state index contributed by atoms with van der Waals surface area (Å²) >= 11 is 1.67. The van der Waals surface area contributed by atoms with Gasteiger partial charge in [-0.3, -0.25) is 0 Å². The first-order valence-electron chi connectivity index (χ1n) is 5.58. The van der Waals surface area contributed by atoms with Crippen molar-refractivity contribution in [2.75, 3.05) is 0 Å². The Morgan fingerprint density at radius 3 is 2.94 bits per heavy atom. The maximum Gasteiger partial charge on any atom is 0.115 e. The van der Waals surface area contributed by atoms with Gasteiger partial charge < -0.3 is 10.4 Å². The minimum atomic E-state index is 0.200. The van der Waals surface area contributed by atoms with Gasteiger partial charge in [0.1, 0.15) is 10.8 Å². The first-order chi connectivity index (χ1) is 8.15. The van der Waals surface area contributed by atoms with Crippen molar-refractivity contribution >= 4 is 11.3 Å². The highest BCUT2D eigenvalue weighted by atomic mass is 32.1. The molecule has 4 heteroatoms. The van der Waals surface area contributed by atoms with E-state index in [-0.39, 0.29) is 6.04 Å². The Morgan fingerprint density at radius 1 is 1.47 bits per heavy atom. The van der Waals surface area contributed by atoms with Gasteiger partial charge in [0, 0.05) is 23.7 Å². The van der Waals surface area contributed by atoms with Crippen LogP contribution in [-0.4, -0.2) is 10.1 Å². The second-order valence-corrected chi connectivity index (χ2v) is 5.02. The lowest BCUT2D eigenvalue weighted by molar-refractivity contribution is 0.472. The predicted molar refractivity (Wildman–Crippen MR) is 70.2 cm³/mol. The smallest absolute Gasteiger partial charge is 0.115 e. The number of nitrogens with zero attached hydrogens (tertiary/aromatic N) is 1. The van der Waals surface area contributed by atoms with Crippen molar-refractivity contribution in [3.8, 4) is 5.75 Å². The predicted octanol–water partition coefficient (Wildman–Crippen LogP) is 3.01. The van der Waals surface area contributed by atoms with Crippen LogP contribution in [0.15, 0.2) is 29.6 Å². The zero-order chi connectivity index (χ0) is 12.3. The van der Waals surface area contributed by atoms with Crippen LogP contribution in [0.2, 0.25) is 0 Å². The molecule has 0 radical (unpaired) electrons. The first kappa shape index (κ1) is 12.1. The van der Waals surface area contributed by atoms with Crippen LogP contribution in [-0.2, 0) is 6.54 Å². The molecule has 2 N–H and O–H groups in total. The molecule has 0 amide bonds. The van der Waals surface area contributed by atoms with E-state index in [9.17, 15) is 5.11 Å². The Hall–Kier alpha value is -1.39. The van der Waals surface area contributed by atoms with Gasteiger partial charge in [-0.05, 0) is 31.5 Å². The summed E-state index contributed by atoms with van der Waals surface area (Å²) in [6.07, 6.45) is 0. The van der Waals surface area contributed by atoms with Crippen molar-refractivity contribution in [3.05, 3.63) is 45.9 Å². The fourth-order valence-corrected chi connectivity index (χ4v) is 2.36. The van der Waals surface area contributed by atoms with E-state index in [4.69, 9.17) is 0 Å². The molecule has 1 aromatic heterocycles. The Balaban J connectivity index is 1.95. The lowest BCUT2D eigenvalue weighted by Gasteiger charge is -2.13. The summed E-state index contributed by atoms with van der Waals surface area (Å²) in [5.74, 6) is 0.307. The number of aromatic nitrogens is 1. The largest absolute Gasteiger partial charge is 0.508 e. The minimum Gasteiger partial charge on any atom is -0.508 e. The Labute approximate surface area is 105 Å². The van der Waals surface area contributed by atoms with Crippen molar-refractivity contribution in [3.63, 3.8) is 0 Å². The molecule has 0 aliphatic heterocycles. The summed E-state index contributed by atoms with van der Waals surface area (Å²) in [6, 6.07) is 7.53. The molecular weight excluding hydrogens is 232 g/mol. The number of thiazole rings is 1. The highest BCUT2D eigenvalue weighted by Gasteiger charge is 2.06. The van der Waals surface area contributed by atoms with Gasteiger partial charge in [-0.25, -0.2) is 4.98 Å². The average Bonchev–Trinajstić information content (AvgIpc) is 2.72. The minimum absolute atomic E-state index is 0.200. The quantitative estimate of drug-likeness (QED) is 0.874. The molecule has 2 aromatic rings. The Morgan fingerprint density at radius 2 is 2.29 bits per heavy atom. The highest BCUT2D eigenvalue weighted by molar-refractivity contribution is 7.09. The standard InChI is InChI=1S/C13H16N2OS/c1-9-8-17-13(15-9)7-14-10(2)11-4-3-5-12(16)6-11/h3-6,8,10,14,16H,7H2,1-2H3. The summed E-state index contributed by atoms with van der Waals surface area (Å²) < 4.78 is 0. The van der Waals surface area contributed by atoms with Crippen LogP contribution in [0, 0.1) is 6.92 Å². The molecule has 0 saturated carbocycles. The van der Waals surface area contributed by atoms with Gasteiger partial charge in [-0.1, -0.05) is 12.1 Å². The molecular formula is C13H16N2OS. The zero-order valence-electron chi connectivity index (χ0n) is 9.97. The number of phenolic OH excluding ortho intramolecular Hbond substituents is 1. The van der Waals surface area contributed by atoms with Crippen molar-refractivity contribution in [2.45, 2.75) is 26.4 Å². The third kappa shape index (κ3) is 3.28. The molecule has 0 fully saturated rings. The molecule has 0 saturated heterocycles. The third-order valence-electron chi connectivity index (χ3n) is 2.60. The second-order valence-electron chi connectivity index (χ2n) is 4.08.